The van der Waals surface area contributed by atoms with Crippen LogP contribution in [0.4, 0.5) is 13.2 Å². The van der Waals surface area contributed by atoms with Gasteiger partial charge in [0, 0.05) is 0 Å². The average Bonchev–Trinajstić information content (AvgIpc) is 2.38. The van der Waals surface area contributed by atoms with Gasteiger partial charge in [-0.2, -0.15) is 13.2 Å². The molecule has 5 heteroatoms. The Morgan fingerprint density at radius 1 is 1.17 bits per heavy atom. The second-order valence-corrected chi connectivity index (χ2v) is 4.19. The molecule has 0 fully saturated rings. The summed E-state index contributed by atoms with van der Waals surface area (Å²) in [7, 11) is 0. The third kappa shape index (κ3) is 2.85. The van der Waals surface area contributed by atoms with Crippen LogP contribution in [0.2, 0.25) is 0 Å². The highest BCUT2D eigenvalue weighted by Crippen LogP contribution is 2.32. The van der Waals surface area contributed by atoms with Gasteiger partial charge in [0.1, 0.15) is 6.10 Å². The maximum absolute atomic E-state index is 12.4. The summed E-state index contributed by atoms with van der Waals surface area (Å²) in [6.07, 6.45) is -2.25. The first-order valence-corrected chi connectivity index (χ1v) is 5.64. The van der Waals surface area contributed by atoms with E-state index in [4.69, 9.17) is 4.74 Å². The van der Waals surface area contributed by atoms with Crippen molar-refractivity contribution in [3.8, 4) is 0 Å². The van der Waals surface area contributed by atoms with Gasteiger partial charge in [-0.15, -0.1) is 0 Å². The summed E-state index contributed by atoms with van der Waals surface area (Å²) in [4.78, 5) is 0. The van der Waals surface area contributed by atoms with E-state index in [1.807, 2.05) is 0 Å². The Labute approximate surface area is 103 Å². The Morgan fingerprint density at radius 3 is 2.33 bits per heavy atom. The third-order valence-electron chi connectivity index (χ3n) is 2.87. The molecule has 0 amide bonds. The lowest BCUT2D eigenvalue weighted by Gasteiger charge is -2.19. The highest BCUT2D eigenvalue weighted by Gasteiger charge is 2.30. The van der Waals surface area contributed by atoms with E-state index in [0.717, 1.165) is 18.6 Å². The monoisotopic (exact) mass is 258 g/mol. The van der Waals surface area contributed by atoms with Gasteiger partial charge in [0.05, 0.1) is 18.4 Å². The molecule has 1 aliphatic rings. The molecule has 98 valence electrons. The van der Waals surface area contributed by atoms with Gasteiger partial charge in [0.2, 0.25) is 0 Å². The average molecular weight is 258 g/mol. The molecule has 1 aromatic carbocycles. The molecule has 0 bridgehead atoms. The van der Waals surface area contributed by atoms with Crippen LogP contribution in [0.5, 0.6) is 0 Å². The van der Waals surface area contributed by atoms with Gasteiger partial charge >= 0.3 is 6.18 Å². The van der Waals surface area contributed by atoms with Crippen LogP contribution in [0.15, 0.2) is 36.1 Å². The fourth-order valence-corrected chi connectivity index (χ4v) is 1.85. The Morgan fingerprint density at radius 2 is 1.83 bits per heavy atom. The van der Waals surface area contributed by atoms with E-state index < -0.39 is 17.8 Å². The van der Waals surface area contributed by atoms with Crippen molar-refractivity contribution in [2.75, 3.05) is 6.61 Å². The van der Waals surface area contributed by atoms with Crippen LogP contribution in [0.25, 0.3) is 0 Å². The van der Waals surface area contributed by atoms with Crippen molar-refractivity contribution in [3.63, 3.8) is 0 Å². The van der Waals surface area contributed by atoms with E-state index in [1.165, 1.54) is 18.4 Å². The van der Waals surface area contributed by atoms with Gasteiger partial charge in [-0.3, -0.25) is 0 Å². The molecular weight excluding hydrogens is 245 g/mol. The lowest BCUT2D eigenvalue weighted by molar-refractivity contribution is -0.137. The molecule has 2 rings (SSSR count). The smallest absolute Gasteiger partial charge is 0.416 e. The van der Waals surface area contributed by atoms with Gasteiger partial charge in [0.25, 0.3) is 0 Å². The van der Waals surface area contributed by atoms with E-state index in [0.29, 0.717) is 24.2 Å². The van der Waals surface area contributed by atoms with Gasteiger partial charge in [-0.25, -0.2) is 0 Å². The van der Waals surface area contributed by atoms with Crippen LogP contribution < -0.4 is 0 Å². The summed E-state index contributed by atoms with van der Waals surface area (Å²) in [5.74, 6) is 0. The van der Waals surface area contributed by atoms with Gasteiger partial charge in [-0.05, 0) is 36.1 Å². The molecule has 1 heterocycles. The summed E-state index contributed by atoms with van der Waals surface area (Å²) in [6, 6.07) is 4.54. The number of hydrogen-bond acceptors (Lipinski definition) is 2. The van der Waals surface area contributed by atoms with Gasteiger partial charge < -0.3 is 9.84 Å². The SMILES string of the molecule is OC(C1=COCCC1)c1ccc(C(F)(F)F)cc1. The number of alkyl halides is 3. The number of halogens is 3. The van der Waals surface area contributed by atoms with Gasteiger partial charge in [-0.1, -0.05) is 12.1 Å². The fraction of sp³-hybridized carbons (Fsp3) is 0.385. The molecule has 0 radical (unpaired) electrons. The van der Waals surface area contributed by atoms with E-state index >= 15 is 0 Å². The number of benzene rings is 1. The molecule has 1 aliphatic heterocycles. The summed E-state index contributed by atoms with van der Waals surface area (Å²) >= 11 is 0. The van der Waals surface area contributed by atoms with Crippen molar-refractivity contribution < 1.29 is 23.0 Å². The normalized spacial score (nSPS) is 17.9. The van der Waals surface area contributed by atoms with Crippen LogP contribution in [0.3, 0.4) is 0 Å². The quantitative estimate of drug-likeness (QED) is 0.880. The van der Waals surface area contributed by atoms with E-state index in [1.54, 1.807) is 0 Å². The number of rotatable bonds is 2. The molecule has 18 heavy (non-hydrogen) atoms. The Hall–Kier alpha value is -1.49. The number of aliphatic hydroxyl groups is 1. The summed E-state index contributed by atoms with van der Waals surface area (Å²) in [5, 5.41) is 10.0. The van der Waals surface area contributed by atoms with Crippen LogP contribution in [-0.2, 0) is 10.9 Å². The maximum Gasteiger partial charge on any atom is 0.416 e. The van der Waals surface area contributed by atoms with Crippen molar-refractivity contribution >= 4 is 0 Å². The standard InChI is InChI=1S/C13H13F3O2/c14-13(15,16)11-5-3-9(4-6-11)12(17)10-2-1-7-18-8-10/h3-6,8,12,17H,1-2,7H2. The molecule has 0 spiro atoms. The molecule has 0 aliphatic carbocycles. The third-order valence-corrected chi connectivity index (χ3v) is 2.87. The van der Waals surface area contributed by atoms with Gasteiger partial charge in [0.15, 0.2) is 0 Å². The number of hydrogen-bond donors (Lipinski definition) is 1. The first-order valence-electron chi connectivity index (χ1n) is 5.64. The van der Waals surface area contributed by atoms with Crippen molar-refractivity contribution in [1.29, 1.82) is 0 Å². The fourth-order valence-electron chi connectivity index (χ4n) is 1.85. The Balaban J connectivity index is 2.16. The Kier molecular flexibility index (Phi) is 3.61. The zero-order valence-corrected chi connectivity index (χ0v) is 9.57. The summed E-state index contributed by atoms with van der Waals surface area (Å²) in [6.45, 7) is 0.614. The van der Waals surface area contributed by atoms with E-state index in [-0.39, 0.29) is 0 Å². The predicted octanol–water partition coefficient (Wildman–Crippen LogP) is 3.43. The molecular formula is C13H13F3O2. The lowest BCUT2D eigenvalue weighted by Crippen LogP contribution is -2.09. The van der Waals surface area contributed by atoms with E-state index in [9.17, 15) is 18.3 Å². The largest absolute Gasteiger partial charge is 0.501 e. The minimum Gasteiger partial charge on any atom is -0.501 e. The minimum absolute atomic E-state index is 0.444. The second-order valence-electron chi connectivity index (χ2n) is 4.19. The minimum atomic E-state index is -4.35. The summed E-state index contributed by atoms with van der Waals surface area (Å²) < 4.78 is 42.2. The number of ether oxygens (including phenoxy) is 1. The van der Waals surface area contributed by atoms with Crippen molar-refractivity contribution in [2.24, 2.45) is 0 Å². The molecule has 1 unspecified atom stereocenters. The lowest BCUT2D eigenvalue weighted by atomic mass is 9.97. The first kappa shape index (κ1) is 13.0. The zero-order chi connectivity index (χ0) is 13.2. The second kappa shape index (κ2) is 5.02. The molecule has 0 saturated heterocycles. The van der Waals surface area contributed by atoms with Crippen LogP contribution in [-0.4, -0.2) is 11.7 Å². The van der Waals surface area contributed by atoms with Crippen LogP contribution in [0.1, 0.15) is 30.1 Å². The molecule has 1 N–H and O–H groups in total. The molecule has 1 atom stereocenters. The molecule has 0 saturated carbocycles. The first-order chi connectivity index (χ1) is 8.48. The topological polar surface area (TPSA) is 29.5 Å². The van der Waals surface area contributed by atoms with Crippen molar-refractivity contribution in [3.05, 3.63) is 47.2 Å². The van der Waals surface area contributed by atoms with Crippen molar-refractivity contribution in [1.82, 2.24) is 0 Å². The predicted molar refractivity (Wildman–Crippen MR) is 59.7 cm³/mol. The Bertz CT molecular complexity index is 435. The van der Waals surface area contributed by atoms with Crippen LogP contribution >= 0.6 is 0 Å². The summed E-state index contributed by atoms with van der Waals surface area (Å²) in [5.41, 5.74) is 0.424. The van der Waals surface area contributed by atoms with Crippen LogP contribution in [0, 0.1) is 0 Å². The van der Waals surface area contributed by atoms with Crippen molar-refractivity contribution in [2.45, 2.75) is 25.1 Å². The highest BCUT2D eigenvalue weighted by molar-refractivity contribution is 5.30. The highest BCUT2D eigenvalue weighted by atomic mass is 19.4. The number of aliphatic hydroxyl groups excluding tert-OH is 1. The van der Waals surface area contributed by atoms with E-state index in [2.05, 4.69) is 0 Å². The zero-order valence-electron chi connectivity index (χ0n) is 9.57. The molecule has 1 aromatic rings. The molecule has 0 aromatic heterocycles. The molecule has 2 nitrogen and oxygen atoms in total. The maximum atomic E-state index is 12.4.